The number of carboxylic acids is 1. The van der Waals surface area contributed by atoms with Gasteiger partial charge in [0.25, 0.3) is 0 Å². The molecule has 33 heteroatoms. The molecule has 6 fully saturated rings. The molecule has 6 saturated heterocycles. The van der Waals surface area contributed by atoms with Crippen molar-refractivity contribution in [1.29, 1.82) is 0 Å². The van der Waals surface area contributed by atoms with Crippen molar-refractivity contribution in [3.63, 3.8) is 0 Å². The number of aliphatic hydroxyl groups is 10. The van der Waals surface area contributed by atoms with E-state index in [1.54, 1.807) is 69.2 Å². The van der Waals surface area contributed by atoms with Gasteiger partial charge in [0.2, 0.25) is 5.91 Å². The second-order valence-electron chi connectivity index (χ2n) is 42.4. The number of amides is 1. The number of methoxy groups -OCH3 is 2. The lowest BCUT2D eigenvalue weighted by Gasteiger charge is -2.48. The molecular weight excluding hydrogens is 1770 g/mol. The van der Waals surface area contributed by atoms with Gasteiger partial charge in [0, 0.05) is 89.2 Å². The first kappa shape index (κ1) is 117. The number of likely N-dealkylation sites (N-methyl/N-ethyl adjacent to an activating group) is 2. The van der Waals surface area contributed by atoms with Gasteiger partial charge in [-0.2, -0.15) is 0 Å². The van der Waals surface area contributed by atoms with Crippen molar-refractivity contribution in [1.82, 2.24) is 24.9 Å². The molecular formula is C104H172N6O27. The van der Waals surface area contributed by atoms with Gasteiger partial charge >= 0.3 is 17.9 Å². The fourth-order valence-electron chi connectivity index (χ4n) is 21.7. The molecule has 14 N–H and O–H groups in total. The Bertz CT molecular complexity index is 4400. The maximum Gasteiger partial charge on any atom is 0.311 e. The quantitative estimate of drug-likeness (QED) is 0.0219. The van der Waals surface area contributed by atoms with Crippen molar-refractivity contribution < 1.29 is 132 Å². The molecule has 137 heavy (non-hydrogen) atoms. The Balaban J connectivity index is 0.000000298. The monoisotopic (exact) mass is 1940 g/mol. The van der Waals surface area contributed by atoms with Crippen molar-refractivity contribution in [2.24, 2.45) is 41.2 Å². The molecule has 0 bridgehead atoms. The molecule has 0 radical (unpaired) electrons. The number of aliphatic carboxylic acids is 1. The lowest BCUT2D eigenvalue weighted by atomic mass is 9.77. The van der Waals surface area contributed by atoms with Gasteiger partial charge in [0.15, 0.2) is 25.2 Å². The van der Waals surface area contributed by atoms with Crippen LogP contribution in [-0.2, 0) is 88.9 Å². The minimum absolute atomic E-state index is 0.0881. The van der Waals surface area contributed by atoms with Crippen LogP contribution in [0, 0.1) is 35.5 Å². The summed E-state index contributed by atoms with van der Waals surface area (Å²) >= 11 is 0. The van der Waals surface area contributed by atoms with Crippen LogP contribution in [0.15, 0.2) is 84.9 Å². The lowest BCUT2D eigenvalue weighted by Crippen LogP contribution is -2.60. The van der Waals surface area contributed by atoms with E-state index in [-0.39, 0.29) is 93.4 Å². The summed E-state index contributed by atoms with van der Waals surface area (Å²) in [6.07, 6.45) is -15.9. The third-order valence-corrected chi connectivity index (χ3v) is 30.0. The molecule has 33 nitrogen and oxygen atoms in total. The zero-order valence-electron chi connectivity index (χ0n) is 86.4. The van der Waals surface area contributed by atoms with Crippen molar-refractivity contribution in [3.05, 3.63) is 96.1 Å². The molecule has 4 aromatic carbocycles. The highest BCUT2D eigenvalue weighted by Gasteiger charge is 2.57. The van der Waals surface area contributed by atoms with Gasteiger partial charge < -0.3 is 134 Å². The van der Waals surface area contributed by atoms with Crippen LogP contribution in [0.4, 0.5) is 0 Å². The first-order valence-electron chi connectivity index (χ1n) is 49.7. The third-order valence-electron chi connectivity index (χ3n) is 30.0. The van der Waals surface area contributed by atoms with Crippen molar-refractivity contribution in [2.75, 3.05) is 81.7 Å². The number of carboxylic acid groups (broad SMARTS) is 1. The van der Waals surface area contributed by atoms with Crippen molar-refractivity contribution in [3.8, 4) is 0 Å². The highest BCUT2D eigenvalue weighted by atomic mass is 16.7. The van der Waals surface area contributed by atoms with Crippen LogP contribution in [0.5, 0.6) is 0 Å². The van der Waals surface area contributed by atoms with Crippen LogP contribution in [0.3, 0.4) is 0 Å². The number of hydrogen-bond acceptors (Lipinski definition) is 31. The number of rotatable bonds is 25. The predicted molar refractivity (Wildman–Crippen MR) is 520 cm³/mol. The number of cyclic esters (lactones) is 2. The van der Waals surface area contributed by atoms with Crippen molar-refractivity contribution in [2.45, 2.75) is 396 Å². The Labute approximate surface area is 813 Å². The molecule has 0 aromatic heterocycles. The number of fused-ring (bicyclic) bond motifs is 2. The molecule has 4 aromatic rings. The van der Waals surface area contributed by atoms with E-state index in [1.165, 1.54) is 28.1 Å². The Morgan fingerprint density at radius 2 is 0.861 bits per heavy atom. The number of benzene rings is 4. The molecule has 36 atom stereocenters. The topological polar surface area (TPSA) is 453 Å². The molecule has 780 valence electrons. The Hall–Kier alpha value is -5.72. The van der Waals surface area contributed by atoms with E-state index in [1.807, 2.05) is 183 Å². The summed E-state index contributed by atoms with van der Waals surface area (Å²) in [6.45, 7) is 37.7. The Morgan fingerprint density at radius 3 is 1.21 bits per heavy atom. The average Bonchev–Trinajstić information content (AvgIpc) is 1.64. The summed E-state index contributed by atoms with van der Waals surface area (Å²) in [5.74, 6) is -6.42. The summed E-state index contributed by atoms with van der Waals surface area (Å²) in [6, 6.07) is 25.8. The predicted octanol–water partition coefficient (Wildman–Crippen LogP) is 8.26. The van der Waals surface area contributed by atoms with E-state index in [9.17, 15) is 70.2 Å². The van der Waals surface area contributed by atoms with E-state index in [4.69, 9.17) is 67.7 Å². The average molecular weight is 1940 g/mol. The first-order valence-corrected chi connectivity index (χ1v) is 49.7. The molecule has 0 unspecified atom stereocenters. The summed E-state index contributed by atoms with van der Waals surface area (Å²) in [7, 11) is 10.5. The zero-order valence-corrected chi connectivity index (χ0v) is 86.4. The molecule has 6 aliphatic rings. The van der Waals surface area contributed by atoms with Crippen LogP contribution in [-0.4, -0.2) is 362 Å². The molecule has 6 aliphatic heterocycles. The third kappa shape index (κ3) is 30.0. The summed E-state index contributed by atoms with van der Waals surface area (Å²) in [5, 5.41) is 135. The fourth-order valence-corrected chi connectivity index (χ4v) is 21.7. The molecule has 0 aliphatic carbocycles. The summed E-state index contributed by atoms with van der Waals surface area (Å²) < 4.78 is 75.9. The van der Waals surface area contributed by atoms with Gasteiger partial charge in [0.1, 0.15) is 60.0 Å². The molecule has 6 heterocycles. The number of ether oxygens (including phenoxy) is 12. The minimum Gasteiger partial charge on any atom is -0.481 e. The molecule has 10 rings (SSSR count). The fraction of sp³-hybridized carbons (Fsp3) is 0.769. The van der Waals surface area contributed by atoms with Gasteiger partial charge in [-0.25, -0.2) is 0 Å². The summed E-state index contributed by atoms with van der Waals surface area (Å²) in [4.78, 5) is 60.5. The van der Waals surface area contributed by atoms with E-state index in [0.29, 0.717) is 65.0 Å². The zero-order chi connectivity index (χ0) is 102. The maximum atomic E-state index is 14.6. The number of carbonyl (C=O) groups excluding carboxylic acids is 3. The highest BCUT2D eigenvalue weighted by Crippen LogP contribution is 2.45. The SMILES string of the molecule is CC[C@H]1OC(=O)[C@H](C)[C@@H](O[C@H]2C[C@@](C)(OC)[C@@H](O)[C@H](C)O2)[C@H](C)[C@@H](O[C@@H]2O[C@H](C)C[C@H](N(C)C)[C@H]2O)[C@](C)(O)C[C@@H](C)CN(CCCN)[C@H](C)[C@@H](O)[C@]1(C)O.CC[C@H]1OC(=O)[C@H](C)[C@@H](O[C@H]2C[C@@](C)(OC)[C@@H](O)[C@H](C)O2)[C@H](C)[C@@H](O[C@@H]2O[C@H](C)C[C@H](N(C)C)[C@H]2O)[C@](C)(O)C[C@@H](C)CN(CCCNC(=O)Cc2ccc3ccccc3c2)[C@H](C)[C@@H](O)[C@]1(C)O.O=C(O)Cc1ccc2ccccc2c1. The van der Waals surface area contributed by atoms with Crippen LogP contribution in [0.25, 0.3) is 21.5 Å². The number of nitrogens with one attached hydrogen (secondary N) is 1. The van der Waals surface area contributed by atoms with E-state index in [2.05, 4.69) is 10.2 Å². The van der Waals surface area contributed by atoms with Gasteiger partial charge in [0.05, 0.1) is 95.9 Å². The van der Waals surface area contributed by atoms with Gasteiger partial charge in [-0.05, 0) is 234 Å². The van der Waals surface area contributed by atoms with Crippen molar-refractivity contribution >= 4 is 45.4 Å². The summed E-state index contributed by atoms with van der Waals surface area (Å²) in [5.41, 5.74) is -1.40. The number of nitrogens with two attached hydrogens (primary N) is 1. The molecule has 0 saturated carbocycles. The normalized spacial score (nSPS) is 40.3. The molecule has 0 spiro atoms. The second-order valence-corrected chi connectivity index (χ2v) is 42.4. The minimum atomic E-state index is -1.91. The smallest absolute Gasteiger partial charge is 0.311 e. The van der Waals surface area contributed by atoms with E-state index in [0.717, 1.165) is 32.7 Å². The van der Waals surface area contributed by atoms with Crippen LogP contribution >= 0.6 is 0 Å². The van der Waals surface area contributed by atoms with Gasteiger partial charge in [-0.3, -0.25) is 29.0 Å². The first-order chi connectivity index (χ1) is 64.0. The van der Waals surface area contributed by atoms with Crippen LogP contribution in [0.1, 0.15) is 214 Å². The number of esters is 2. The Morgan fingerprint density at radius 1 is 0.496 bits per heavy atom. The Kier molecular flexibility index (Phi) is 43.1. The van der Waals surface area contributed by atoms with Gasteiger partial charge in [-0.15, -0.1) is 0 Å². The van der Waals surface area contributed by atoms with Crippen LogP contribution < -0.4 is 11.1 Å². The number of aliphatic hydroxyl groups excluding tert-OH is 6. The second kappa shape index (κ2) is 50.7. The largest absolute Gasteiger partial charge is 0.481 e. The number of hydrogen-bond donors (Lipinski definition) is 13. The number of nitrogens with zero attached hydrogens (tertiary/aromatic N) is 4. The number of carbonyl (C=O) groups is 4. The van der Waals surface area contributed by atoms with E-state index >= 15 is 0 Å². The van der Waals surface area contributed by atoms with Crippen LogP contribution in [0.2, 0.25) is 0 Å². The standard InChI is InChI=1S/C52H85N3O13.C40H77N3O12.C12H10O2/c1-14-40-52(10,62)45(58)34(6)55(23-17-22-53-41(56)26-36-20-21-37-18-15-16-19-38(37)25-36)29-30(2)27-50(8,61)47(68-49-43(57)39(54(11)12)24-31(3)64-49)32(4)44(33(5)48(60)66-40)67-42-28-51(9,63-13)46(59)35(7)65-42;1-14-29-40(10,49)33(45)26(6)43(17-15-16-41)21-22(2)19-38(8,48)35(55-37-31(44)28(42(11)12)18-23(3)51-37)24(4)32(25(5)36(47)53-29)54-30-20-39(9,50-13)34(46)27(7)52-30;13-12(14)8-9-5-6-10-3-1-2-4-11(10)7-9/h15-16,18-21,25,30-35,39-40,42-47,49,57-59,61-62H,14,17,22-24,26-29H2,1-13H3,(H,53,56);22-35,37,44-46,48-49H,14-21,41H2,1-13H3;1-7H,8H2,(H,13,14)/t30-,31-,32+,33-,34-,35+,39+,40-,42+,43-,44+,45-,46+,47-,49+,50-,51-,52-;22-,23-,24+,25-,26-,27+,28+,29-,30+,31-,32+,33-,34+,35-,37+,38-,39-,40-;/m11./s1. The maximum absolute atomic E-state index is 14.6. The van der Waals surface area contributed by atoms with E-state index < -0.39 is 198 Å². The van der Waals surface area contributed by atoms with Gasteiger partial charge in [-0.1, -0.05) is 126 Å². The highest BCUT2D eigenvalue weighted by molar-refractivity contribution is 5.86. The lowest BCUT2D eigenvalue weighted by molar-refractivity contribution is -0.318. The molecule has 1 amide bonds.